The second kappa shape index (κ2) is 8.59. The van der Waals surface area contributed by atoms with Gasteiger partial charge in [0.25, 0.3) is 0 Å². The third-order valence-electron chi connectivity index (χ3n) is 4.10. The van der Waals surface area contributed by atoms with Crippen LogP contribution in [-0.2, 0) is 0 Å². The highest BCUT2D eigenvalue weighted by Crippen LogP contribution is 2.34. The van der Waals surface area contributed by atoms with Crippen LogP contribution >= 0.6 is 34.0 Å². The molecule has 3 N–H and O–H groups in total. The molecule has 2 aliphatic rings. The normalized spacial score (nSPS) is 15.3. The maximum absolute atomic E-state index is 4.61. The van der Waals surface area contributed by atoms with E-state index in [0.717, 1.165) is 31.8 Å². The Morgan fingerprint density at radius 3 is 2.57 bits per heavy atom. The molecule has 0 aliphatic carbocycles. The summed E-state index contributed by atoms with van der Waals surface area (Å²) in [5, 5.41) is 3.43. The highest BCUT2D eigenvalue weighted by atomic mass is 79.9. The number of fused-ring (bicyclic) bond motifs is 2. The summed E-state index contributed by atoms with van der Waals surface area (Å²) in [6.07, 6.45) is 10.4. The fraction of sp³-hybridized carbons (Fsp3) is 0.235. The monoisotopic (exact) mass is 441 g/mol. The van der Waals surface area contributed by atoms with Gasteiger partial charge in [-0.15, -0.1) is 34.0 Å². The Hall–Kier alpha value is -1.21. The van der Waals surface area contributed by atoms with Crippen molar-refractivity contribution in [3.63, 3.8) is 0 Å². The minimum Gasteiger partial charge on any atom is -0.412 e. The molecule has 23 heavy (non-hydrogen) atoms. The lowest BCUT2D eigenvalue weighted by Crippen LogP contribution is -2.24. The van der Waals surface area contributed by atoms with E-state index in [2.05, 4.69) is 51.4 Å². The van der Waals surface area contributed by atoms with Gasteiger partial charge in [-0.2, -0.15) is 0 Å². The van der Waals surface area contributed by atoms with Gasteiger partial charge in [-0.25, -0.2) is 4.98 Å². The average Bonchev–Trinajstić information content (AvgIpc) is 2.90. The van der Waals surface area contributed by atoms with E-state index in [1.54, 1.807) is 0 Å². The summed E-state index contributed by atoms with van der Waals surface area (Å²) in [4.78, 5) is 4.61. The summed E-state index contributed by atoms with van der Waals surface area (Å²) < 4.78 is 2.13. The summed E-state index contributed by atoms with van der Waals surface area (Å²) in [7, 11) is 0. The first-order valence-electron chi connectivity index (χ1n) is 7.17. The summed E-state index contributed by atoms with van der Waals surface area (Å²) in [6, 6.07) is 8.61. The van der Waals surface area contributed by atoms with Gasteiger partial charge in [0.2, 0.25) is 0 Å². The first-order chi connectivity index (χ1) is 9.93. The zero-order valence-electron chi connectivity index (χ0n) is 12.7. The van der Waals surface area contributed by atoms with Crippen molar-refractivity contribution in [1.29, 1.82) is 0 Å². The summed E-state index contributed by atoms with van der Waals surface area (Å²) in [5.41, 5.74) is 5.44. The van der Waals surface area contributed by atoms with Crippen LogP contribution < -0.4 is 5.32 Å². The van der Waals surface area contributed by atoms with Crippen molar-refractivity contribution in [3.05, 3.63) is 59.2 Å². The summed E-state index contributed by atoms with van der Waals surface area (Å²) in [5.74, 6) is 1.07. The molecule has 0 amide bonds. The number of rotatable bonds is 0. The molecule has 0 bridgehead atoms. The fourth-order valence-corrected chi connectivity index (χ4v) is 3.11. The molecule has 1 aromatic heterocycles. The van der Waals surface area contributed by atoms with Gasteiger partial charge in [0.05, 0.1) is 0 Å². The number of nitrogens with zero attached hydrogens (tertiary/aromatic N) is 2. The molecule has 1 aromatic carbocycles. The third kappa shape index (κ3) is 3.66. The lowest BCUT2D eigenvalue weighted by atomic mass is 9.91. The minimum atomic E-state index is 0. The zero-order valence-corrected chi connectivity index (χ0v) is 16.1. The molecule has 2 aliphatic heterocycles. The van der Waals surface area contributed by atoms with Crippen molar-refractivity contribution < 1.29 is 5.48 Å². The van der Waals surface area contributed by atoms with Gasteiger partial charge in [0.1, 0.15) is 5.82 Å². The Balaban J connectivity index is 0.000000882. The Bertz CT molecular complexity index is 714. The van der Waals surface area contributed by atoms with E-state index in [1.165, 1.54) is 22.3 Å². The Morgan fingerprint density at radius 2 is 1.78 bits per heavy atom. The van der Waals surface area contributed by atoms with Crippen LogP contribution in [0, 0.1) is 0 Å². The van der Waals surface area contributed by atoms with Crippen LogP contribution in [0.2, 0.25) is 0 Å². The molecular weight excluding hydrogens is 422 g/mol. The molecule has 1 fully saturated rings. The number of hydrogen-bond acceptors (Lipinski definition) is 2. The van der Waals surface area contributed by atoms with Crippen molar-refractivity contribution in [2.75, 3.05) is 13.1 Å². The molecule has 0 radical (unpaired) electrons. The van der Waals surface area contributed by atoms with Crippen LogP contribution in [0.15, 0.2) is 42.2 Å². The maximum Gasteiger partial charge on any atom is 0.144 e. The first-order valence-corrected chi connectivity index (χ1v) is 7.17. The summed E-state index contributed by atoms with van der Waals surface area (Å²) in [6.45, 7) is 2.13. The molecule has 3 heterocycles. The predicted octanol–water partition coefficient (Wildman–Crippen LogP) is 3.34. The van der Waals surface area contributed by atoms with Crippen molar-refractivity contribution in [1.82, 2.24) is 14.9 Å². The molecule has 2 aromatic rings. The van der Waals surface area contributed by atoms with Gasteiger partial charge in [-0.3, -0.25) is 0 Å². The van der Waals surface area contributed by atoms with Crippen molar-refractivity contribution in [2.24, 2.45) is 0 Å². The SMILES string of the molecule is Br.Br.C1=Cn2ccnc2C(=C2CCNCC2)c2ccccc21.O. The number of nitrogens with one attached hydrogen (secondary N) is 1. The number of imidazole rings is 1. The second-order valence-electron chi connectivity index (χ2n) is 5.29. The molecule has 0 atom stereocenters. The molecule has 6 heteroatoms. The molecule has 0 spiro atoms. The van der Waals surface area contributed by atoms with Gasteiger partial charge in [0, 0.05) is 24.2 Å². The van der Waals surface area contributed by atoms with Crippen molar-refractivity contribution in [2.45, 2.75) is 12.8 Å². The van der Waals surface area contributed by atoms with Gasteiger partial charge in [-0.1, -0.05) is 29.8 Å². The molecule has 4 rings (SSSR count). The Morgan fingerprint density at radius 1 is 1.04 bits per heavy atom. The van der Waals surface area contributed by atoms with Crippen LogP contribution in [0.4, 0.5) is 0 Å². The lowest BCUT2D eigenvalue weighted by molar-refractivity contribution is 0.611. The minimum absolute atomic E-state index is 0. The van der Waals surface area contributed by atoms with Crippen LogP contribution in [0.25, 0.3) is 17.8 Å². The molecule has 1 saturated heterocycles. The number of halogens is 2. The lowest BCUT2D eigenvalue weighted by Gasteiger charge is -2.20. The van der Waals surface area contributed by atoms with Gasteiger partial charge < -0.3 is 15.4 Å². The number of aromatic nitrogens is 2. The number of piperidine rings is 1. The highest BCUT2D eigenvalue weighted by molar-refractivity contribution is 8.93. The van der Waals surface area contributed by atoms with Crippen LogP contribution in [0.3, 0.4) is 0 Å². The smallest absolute Gasteiger partial charge is 0.144 e. The zero-order chi connectivity index (χ0) is 13.4. The van der Waals surface area contributed by atoms with E-state index in [1.807, 2.05) is 12.4 Å². The Labute approximate surface area is 157 Å². The van der Waals surface area contributed by atoms with Gasteiger partial charge in [0.15, 0.2) is 0 Å². The van der Waals surface area contributed by atoms with Crippen molar-refractivity contribution in [3.8, 4) is 0 Å². The topological polar surface area (TPSA) is 61.4 Å². The van der Waals surface area contributed by atoms with E-state index < -0.39 is 0 Å². The molecular formula is C17H21Br2N3O. The maximum atomic E-state index is 4.61. The fourth-order valence-electron chi connectivity index (χ4n) is 3.11. The standard InChI is InChI=1S/C17H17N3.2BrH.H2O/c1-2-4-15-13(3-1)7-11-20-12-10-19-17(20)16(15)14-5-8-18-9-6-14;;;/h1-4,7,10-12,18H,5-6,8-9H2;2*1H;1H2. The van der Waals surface area contributed by atoms with E-state index in [4.69, 9.17) is 0 Å². The van der Waals surface area contributed by atoms with Gasteiger partial charge in [-0.05, 0) is 43.1 Å². The van der Waals surface area contributed by atoms with E-state index in [9.17, 15) is 0 Å². The average molecular weight is 443 g/mol. The number of hydrogen-bond donors (Lipinski definition) is 1. The van der Waals surface area contributed by atoms with Crippen LogP contribution in [0.1, 0.15) is 29.8 Å². The highest BCUT2D eigenvalue weighted by Gasteiger charge is 2.21. The molecule has 4 nitrogen and oxygen atoms in total. The third-order valence-corrected chi connectivity index (χ3v) is 4.10. The first kappa shape index (κ1) is 19.8. The predicted molar refractivity (Wildman–Crippen MR) is 106 cm³/mol. The van der Waals surface area contributed by atoms with Crippen LogP contribution in [-0.4, -0.2) is 28.1 Å². The molecule has 124 valence electrons. The Kier molecular flexibility index (Phi) is 7.41. The van der Waals surface area contributed by atoms with Crippen molar-refractivity contribution >= 4 is 51.8 Å². The van der Waals surface area contributed by atoms with E-state index in [-0.39, 0.29) is 39.4 Å². The largest absolute Gasteiger partial charge is 0.412 e. The van der Waals surface area contributed by atoms with E-state index in [0.29, 0.717) is 0 Å². The van der Waals surface area contributed by atoms with Gasteiger partial charge >= 0.3 is 0 Å². The number of benzene rings is 1. The quantitative estimate of drug-likeness (QED) is 0.580. The van der Waals surface area contributed by atoms with Crippen LogP contribution in [0.5, 0.6) is 0 Å². The molecule has 0 saturated carbocycles. The summed E-state index contributed by atoms with van der Waals surface area (Å²) >= 11 is 0. The second-order valence-corrected chi connectivity index (χ2v) is 5.29. The van der Waals surface area contributed by atoms with E-state index >= 15 is 0 Å². The molecule has 0 unspecified atom stereocenters.